The van der Waals surface area contributed by atoms with Gasteiger partial charge in [-0.25, -0.2) is 4.79 Å². The summed E-state index contributed by atoms with van der Waals surface area (Å²) in [5.74, 6) is 1.36. The van der Waals surface area contributed by atoms with Crippen LogP contribution in [0, 0.1) is 25.2 Å². The summed E-state index contributed by atoms with van der Waals surface area (Å²) in [6.45, 7) is 5.96. The summed E-state index contributed by atoms with van der Waals surface area (Å²) in [5.41, 5.74) is 9.73. The van der Waals surface area contributed by atoms with Crippen LogP contribution in [-0.4, -0.2) is 26.3 Å². The van der Waals surface area contributed by atoms with Crippen LogP contribution in [-0.2, 0) is 4.79 Å². The first kappa shape index (κ1) is 25.5. The maximum Gasteiger partial charge on any atom is 0.349 e. The van der Waals surface area contributed by atoms with Crippen molar-refractivity contribution < 1.29 is 28.5 Å². The first-order valence-electron chi connectivity index (χ1n) is 11.8. The molecule has 1 atom stereocenters. The number of ether oxygens (including phenoxy) is 5. The average Bonchev–Trinajstić information content (AvgIpc) is 2.88. The van der Waals surface area contributed by atoms with Gasteiger partial charge in [-0.3, -0.25) is 0 Å². The van der Waals surface area contributed by atoms with Gasteiger partial charge in [0.05, 0.1) is 19.6 Å². The van der Waals surface area contributed by atoms with E-state index >= 15 is 0 Å². The Hall–Kier alpha value is -4.64. The van der Waals surface area contributed by atoms with E-state index in [0.717, 1.165) is 16.7 Å². The number of carbonyl (C=O) groups excluding carboxylic acids is 1. The Balaban J connectivity index is 1.59. The molecule has 2 N–H and O–H groups in total. The maximum atomic E-state index is 12.5. The van der Waals surface area contributed by atoms with E-state index < -0.39 is 11.9 Å². The van der Waals surface area contributed by atoms with E-state index in [9.17, 15) is 10.1 Å². The normalized spacial score (nSPS) is 14.2. The molecular formula is C29H28N2O6. The molecule has 0 saturated carbocycles. The summed E-state index contributed by atoms with van der Waals surface area (Å²) in [6, 6.07) is 18.4. The zero-order chi connectivity index (χ0) is 26.5. The highest BCUT2D eigenvalue weighted by molar-refractivity contribution is 5.74. The molecular weight excluding hydrogens is 472 g/mol. The molecule has 0 spiro atoms. The van der Waals surface area contributed by atoms with Crippen molar-refractivity contribution in [1.82, 2.24) is 0 Å². The number of esters is 1. The van der Waals surface area contributed by atoms with Crippen molar-refractivity contribution in [3.05, 3.63) is 88.3 Å². The molecule has 8 nitrogen and oxygen atoms in total. The minimum Gasteiger partial charge on any atom is -0.493 e. The second-order valence-electron chi connectivity index (χ2n) is 8.45. The van der Waals surface area contributed by atoms with E-state index in [0.29, 0.717) is 35.2 Å². The minimum atomic E-state index is -0.563. The molecule has 0 radical (unpaired) electrons. The summed E-state index contributed by atoms with van der Waals surface area (Å²) in [4.78, 5) is 12.5. The lowest BCUT2D eigenvalue weighted by atomic mass is 9.83. The van der Waals surface area contributed by atoms with E-state index in [-0.39, 0.29) is 23.8 Å². The molecule has 37 heavy (non-hydrogen) atoms. The molecule has 8 heteroatoms. The second-order valence-corrected chi connectivity index (χ2v) is 8.45. The van der Waals surface area contributed by atoms with Crippen molar-refractivity contribution in [2.24, 2.45) is 5.73 Å². The number of rotatable bonds is 8. The van der Waals surface area contributed by atoms with Crippen LogP contribution >= 0.6 is 0 Å². The van der Waals surface area contributed by atoms with Crippen LogP contribution in [0.5, 0.6) is 28.7 Å². The monoisotopic (exact) mass is 500 g/mol. The second kappa shape index (κ2) is 11.0. The largest absolute Gasteiger partial charge is 0.493 e. The lowest BCUT2D eigenvalue weighted by molar-refractivity contribution is -0.136. The van der Waals surface area contributed by atoms with Crippen molar-refractivity contribution in [3.63, 3.8) is 0 Å². The highest BCUT2D eigenvalue weighted by atomic mass is 16.6. The Morgan fingerprint density at radius 3 is 2.49 bits per heavy atom. The number of fused-ring (bicyclic) bond motifs is 1. The molecule has 0 aliphatic carbocycles. The molecule has 1 unspecified atom stereocenters. The van der Waals surface area contributed by atoms with Gasteiger partial charge in [-0.2, -0.15) is 5.26 Å². The number of benzene rings is 3. The molecule has 0 fully saturated rings. The molecule has 0 bridgehead atoms. The van der Waals surface area contributed by atoms with Gasteiger partial charge in [0, 0.05) is 11.6 Å². The molecule has 0 aromatic heterocycles. The van der Waals surface area contributed by atoms with Gasteiger partial charge in [0.25, 0.3) is 0 Å². The van der Waals surface area contributed by atoms with E-state index in [4.69, 9.17) is 29.4 Å². The molecule has 190 valence electrons. The lowest BCUT2D eigenvalue weighted by Crippen LogP contribution is -2.22. The van der Waals surface area contributed by atoms with Gasteiger partial charge in [-0.15, -0.1) is 0 Å². The number of nitriles is 1. The average molecular weight is 501 g/mol. The smallest absolute Gasteiger partial charge is 0.349 e. The number of para-hydroxylation sites is 1. The first-order chi connectivity index (χ1) is 17.9. The van der Waals surface area contributed by atoms with Gasteiger partial charge in [0.1, 0.15) is 28.9 Å². The predicted octanol–water partition coefficient (Wildman–Crippen LogP) is 4.91. The quantitative estimate of drug-likeness (QED) is 0.343. The Labute approximate surface area is 215 Å². The summed E-state index contributed by atoms with van der Waals surface area (Å²) in [5, 5.41) is 9.84. The van der Waals surface area contributed by atoms with Crippen molar-refractivity contribution in [3.8, 4) is 34.8 Å². The van der Waals surface area contributed by atoms with Gasteiger partial charge in [0.15, 0.2) is 18.1 Å². The van der Waals surface area contributed by atoms with E-state index in [1.165, 1.54) is 0 Å². The number of allylic oxidation sites excluding steroid dienone is 1. The van der Waals surface area contributed by atoms with Gasteiger partial charge in [-0.1, -0.05) is 30.3 Å². The zero-order valence-corrected chi connectivity index (χ0v) is 21.2. The molecule has 1 aliphatic heterocycles. The topological polar surface area (TPSA) is 113 Å². The molecule has 1 heterocycles. The van der Waals surface area contributed by atoms with Crippen LogP contribution < -0.4 is 29.4 Å². The van der Waals surface area contributed by atoms with Gasteiger partial charge in [0.2, 0.25) is 5.88 Å². The lowest BCUT2D eigenvalue weighted by Gasteiger charge is -2.27. The molecule has 1 aliphatic rings. The van der Waals surface area contributed by atoms with Gasteiger partial charge >= 0.3 is 5.97 Å². The van der Waals surface area contributed by atoms with Crippen LogP contribution in [0.15, 0.2) is 66.1 Å². The van der Waals surface area contributed by atoms with Crippen LogP contribution in [0.2, 0.25) is 0 Å². The van der Waals surface area contributed by atoms with Gasteiger partial charge in [-0.05, 0) is 55.7 Å². The standard InChI is InChI=1S/C29H28N2O6/c1-5-34-23-12-9-19(13-25(23)33-4)27-21-11-10-20(14-24(21)37-29(31)22(27)15-30)36-26(32)16-35-28-17(2)7-6-8-18(28)3/h6-14,27H,5,16,31H2,1-4H3. The third-order valence-corrected chi connectivity index (χ3v) is 5.99. The molecule has 0 amide bonds. The number of hydrogen-bond donors (Lipinski definition) is 1. The van der Waals surface area contributed by atoms with Crippen molar-refractivity contribution in [1.29, 1.82) is 5.26 Å². The van der Waals surface area contributed by atoms with E-state index in [2.05, 4.69) is 6.07 Å². The molecule has 4 rings (SSSR count). The molecule has 3 aromatic carbocycles. The van der Waals surface area contributed by atoms with Crippen molar-refractivity contribution in [2.45, 2.75) is 26.7 Å². The number of carbonyl (C=O) groups is 1. The van der Waals surface area contributed by atoms with Crippen LogP contribution in [0.25, 0.3) is 0 Å². The zero-order valence-electron chi connectivity index (χ0n) is 21.2. The Morgan fingerprint density at radius 1 is 1.05 bits per heavy atom. The van der Waals surface area contributed by atoms with Gasteiger partial charge < -0.3 is 29.4 Å². The summed E-state index contributed by atoms with van der Waals surface area (Å²) in [6.07, 6.45) is 0. The van der Waals surface area contributed by atoms with E-state index in [1.807, 2.05) is 51.1 Å². The van der Waals surface area contributed by atoms with Crippen molar-refractivity contribution in [2.75, 3.05) is 20.3 Å². The maximum absolute atomic E-state index is 12.5. The Bertz CT molecular complexity index is 1390. The predicted molar refractivity (Wildman–Crippen MR) is 137 cm³/mol. The fourth-order valence-electron chi connectivity index (χ4n) is 4.30. The Morgan fingerprint density at radius 2 is 1.81 bits per heavy atom. The minimum absolute atomic E-state index is 0.0188. The molecule has 0 saturated heterocycles. The fraction of sp³-hybridized carbons (Fsp3) is 0.241. The fourth-order valence-corrected chi connectivity index (χ4v) is 4.30. The number of nitrogens with zero attached hydrogens (tertiary/aromatic N) is 1. The van der Waals surface area contributed by atoms with Crippen LogP contribution in [0.1, 0.15) is 35.1 Å². The highest BCUT2D eigenvalue weighted by Crippen LogP contribution is 2.45. The number of nitrogens with two attached hydrogens (primary N) is 1. The van der Waals surface area contributed by atoms with E-state index in [1.54, 1.807) is 31.4 Å². The SMILES string of the molecule is CCOc1ccc(C2C(C#N)=C(N)Oc3cc(OC(=O)COc4c(C)cccc4C)ccc32)cc1OC. The molecule has 3 aromatic rings. The number of hydrogen-bond acceptors (Lipinski definition) is 8. The summed E-state index contributed by atoms with van der Waals surface area (Å²) < 4.78 is 28.0. The van der Waals surface area contributed by atoms with Crippen LogP contribution in [0.3, 0.4) is 0 Å². The highest BCUT2D eigenvalue weighted by Gasteiger charge is 2.31. The third-order valence-electron chi connectivity index (χ3n) is 5.99. The summed E-state index contributed by atoms with van der Waals surface area (Å²) in [7, 11) is 1.56. The van der Waals surface area contributed by atoms with Crippen LogP contribution in [0.4, 0.5) is 0 Å². The van der Waals surface area contributed by atoms with Crippen molar-refractivity contribution >= 4 is 5.97 Å². The number of aryl methyl sites for hydroxylation is 2. The number of methoxy groups -OCH3 is 1. The third kappa shape index (κ3) is 5.31. The first-order valence-corrected chi connectivity index (χ1v) is 11.8. The Kier molecular flexibility index (Phi) is 7.54. The summed E-state index contributed by atoms with van der Waals surface area (Å²) >= 11 is 0.